The molecule has 1 aromatic rings. The van der Waals surface area contributed by atoms with Gasteiger partial charge in [0, 0.05) is 16.1 Å². The number of benzene rings is 1. The van der Waals surface area contributed by atoms with Gasteiger partial charge in [-0.25, -0.2) is 0 Å². The third kappa shape index (κ3) is 3.01. The minimum absolute atomic E-state index is 0.0366. The van der Waals surface area contributed by atoms with Crippen LogP contribution in [0.15, 0.2) is 27.6 Å². The second-order valence-electron chi connectivity index (χ2n) is 4.35. The largest absolute Gasteiger partial charge is 0.507 e. The highest BCUT2D eigenvalue weighted by Gasteiger charge is 2.33. The van der Waals surface area contributed by atoms with Gasteiger partial charge in [0.25, 0.3) is 5.91 Å². The number of phenols is 1. The Kier molecular flexibility index (Phi) is 4.32. The Bertz CT molecular complexity index is 584. The summed E-state index contributed by atoms with van der Waals surface area (Å²) in [7, 11) is 0. The number of carbonyl (C=O) groups excluding carboxylic acids is 1. The van der Waals surface area contributed by atoms with Crippen LogP contribution in [0.5, 0.6) is 5.75 Å². The van der Waals surface area contributed by atoms with E-state index in [-0.39, 0.29) is 17.7 Å². The first-order valence-electron chi connectivity index (χ1n) is 5.65. The zero-order valence-electron chi connectivity index (χ0n) is 10.4. The maximum absolute atomic E-state index is 12.2. The number of rotatable bonds is 2. The first-order chi connectivity index (χ1) is 8.90. The molecule has 1 aliphatic rings. The van der Waals surface area contributed by atoms with Crippen molar-refractivity contribution < 1.29 is 9.90 Å². The van der Waals surface area contributed by atoms with Gasteiger partial charge >= 0.3 is 0 Å². The number of thiocarbonyl (C=S) groups is 1. The normalized spacial score (nSPS) is 17.9. The summed E-state index contributed by atoms with van der Waals surface area (Å²) in [5, 5.41) is 9.79. The van der Waals surface area contributed by atoms with E-state index >= 15 is 0 Å². The number of carbonyl (C=O) groups is 1. The summed E-state index contributed by atoms with van der Waals surface area (Å²) >= 11 is 9.80. The molecule has 0 atom stereocenters. The molecule has 6 heteroatoms. The van der Waals surface area contributed by atoms with Gasteiger partial charge in [0.05, 0.1) is 4.91 Å². The SMILES string of the molecule is CC(C)N1C(=O)C(=Cc2cc(Br)ccc2O)SC1=S. The van der Waals surface area contributed by atoms with Crippen LogP contribution < -0.4 is 0 Å². The van der Waals surface area contributed by atoms with Gasteiger partial charge in [0.2, 0.25) is 0 Å². The molecule has 0 aliphatic carbocycles. The number of nitrogens with zero attached hydrogens (tertiary/aromatic N) is 1. The smallest absolute Gasteiger partial charge is 0.266 e. The maximum atomic E-state index is 12.2. The first kappa shape index (κ1) is 14.6. The van der Waals surface area contributed by atoms with Crippen LogP contribution in [0.4, 0.5) is 0 Å². The second-order valence-corrected chi connectivity index (χ2v) is 6.94. The first-order valence-corrected chi connectivity index (χ1v) is 7.67. The number of aromatic hydroxyl groups is 1. The molecule has 0 bridgehead atoms. The summed E-state index contributed by atoms with van der Waals surface area (Å²) in [6.45, 7) is 3.84. The molecule has 19 heavy (non-hydrogen) atoms. The quantitative estimate of drug-likeness (QED) is 0.646. The van der Waals surface area contributed by atoms with E-state index in [0.717, 1.165) is 4.47 Å². The Balaban J connectivity index is 2.38. The molecule has 1 aromatic carbocycles. The van der Waals surface area contributed by atoms with Crippen LogP contribution in [0.2, 0.25) is 0 Å². The molecule has 1 amide bonds. The van der Waals surface area contributed by atoms with Crippen molar-refractivity contribution in [1.82, 2.24) is 4.90 Å². The van der Waals surface area contributed by atoms with Gasteiger partial charge in [-0.15, -0.1) is 0 Å². The fourth-order valence-corrected chi connectivity index (χ4v) is 3.60. The van der Waals surface area contributed by atoms with Crippen molar-refractivity contribution in [2.45, 2.75) is 19.9 Å². The molecule has 1 fully saturated rings. The van der Waals surface area contributed by atoms with Crippen LogP contribution in [-0.4, -0.2) is 26.3 Å². The van der Waals surface area contributed by atoms with E-state index in [4.69, 9.17) is 12.2 Å². The number of phenolic OH excluding ortho intramolecular Hbond substituents is 1. The van der Waals surface area contributed by atoms with Crippen molar-refractivity contribution in [2.75, 3.05) is 0 Å². The summed E-state index contributed by atoms with van der Waals surface area (Å²) in [6, 6.07) is 5.12. The number of amides is 1. The van der Waals surface area contributed by atoms with Crippen molar-refractivity contribution in [2.24, 2.45) is 0 Å². The lowest BCUT2D eigenvalue weighted by atomic mass is 10.2. The van der Waals surface area contributed by atoms with Crippen LogP contribution in [0.1, 0.15) is 19.4 Å². The van der Waals surface area contributed by atoms with Crippen LogP contribution in [0, 0.1) is 0 Å². The summed E-state index contributed by atoms with van der Waals surface area (Å²) in [5.41, 5.74) is 0.596. The lowest BCUT2D eigenvalue weighted by molar-refractivity contribution is -0.123. The minimum Gasteiger partial charge on any atom is -0.507 e. The van der Waals surface area contributed by atoms with Crippen LogP contribution >= 0.6 is 39.9 Å². The molecular weight excluding hydrogens is 346 g/mol. The standard InChI is InChI=1S/C13H12BrNO2S2/c1-7(2)15-12(17)11(19-13(15)18)6-8-5-9(14)3-4-10(8)16/h3-7,16H,1-2H3. The zero-order chi connectivity index (χ0) is 14.2. The van der Waals surface area contributed by atoms with Crippen molar-refractivity contribution in [3.05, 3.63) is 33.1 Å². The summed E-state index contributed by atoms with van der Waals surface area (Å²) in [6.07, 6.45) is 1.67. The lowest BCUT2D eigenvalue weighted by Crippen LogP contribution is -2.34. The molecule has 1 saturated heterocycles. The summed E-state index contributed by atoms with van der Waals surface area (Å²) in [4.78, 5) is 14.3. The Labute approximate surface area is 129 Å². The molecule has 3 nitrogen and oxygen atoms in total. The van der Waals surface area contributed by atoms with Gasteiger partial charge in [-0.05, 0) is 38.1 Å². The van der Waals surface area contributed by atoms with Crippen molar-refractivity contribution >= 4 is 56.2 Å². The molecule has 100 valence electrons. The highest BCUT2D eigenvalue weighted by atomic mass is 79.9. The van der Waals surface area contributed by atoms with Gasteiger partial charge in [-0.3, -0.25) is 9.69 Å². The molecule has 0 spiro atoms. The number of halogens is 1. The highest BCUT2D eigenvalue weighted by Crippen LogP contribution is 2.35. The van der Waals surface area contributed by atoms with Gasteiger partial charge in [0.15, 0.2) is 0 Å². The minimum atomic E-state index is -0.107. The molecule has 0 saturated carbocycles. The molecule has 0 unspecified atom stereocenters. The van der Waals surface area contributed by atoms with Crippen molar-refractivity contribution in [1.29, 1.82) is 0 Å². The molecular formula is C13H12BrNO2S2. The Morgan fingerprint density at radius 2 is 2.16 bits per heavy atom. The molecule has 0 radical (unpaired) electrons. The number of hydrogen-bond donors (Lipinski definition) is 1. The van der Waals surface area contributed by atoms with Gasteiger partial charge in [-0.1, -0.05) is 39.9 Å². The van der Waals surface area contributed by atoms with Gasteiger partial charge in [-0.2, -0.15) is 0 Å². The third-order valence-electron chi connectivity index (χ3n) is 2.62. The fraction of sp³-hybridized carbons (Fsp3) is 0.231. The zero-order valence-corrected chi connectivity index (χ0v) is 13.6. The molecule has 1 heterocycles. The molecule has 2 rings (SSSR count). The average molecular weight is 358 g/mol. The Morgan fingerprint density at radius 1 is 1.47 bits per heavy atom. The van der Waals surface area contributed by atoms with Gasteiger partial charge in [0.1, 0.15) is 10.1 Å². The third-order valence-corrected chi connectivity index (χ3v) is 4.44. The van der Waals surface area contributed by atoms with E-state index in [0.29, 0.717) is 14.8 Å². The van der Waals surface area contributed by atoms with E-state index in [2.05, 4.69) is 15.9 Å². The molecule has 0 aromatic heterocycles. The topological polar surface area (TPSA) is 40.5 Å². The summed E-state index contributed by atoms with van der Waals surface area (Å²) < 4.78 is 1.40. The van der Waals surface area contributed by atoms with Crippen molar-refractivity contribution in [3.63, 3.8) is 0 Å². The van der Waals surface area contributed by atoms with Crippen molar-refractivity contribution in [3.8, 4) is 5.75 Å². The van der Waals surface area contributed by atoms with E-state index < -0.39 is 0 Å². The van der Waals surface area contributed by atoms with Crippen LogP contribution in [0.25, 0.3) is 6.08 Å². The lowest BCUT2D eigenvalue weighted by Gasteiger charge is -2.18. The van der Waals surface area contributed by atoms with E-state index in [1.54, 1.807) is 29.2 Å². The average Bonchev–Trinajstić information content (AvgIpc) is 2.59. The maximum Gasteiger partial charge on any atom is 0.266 e. The highest BCUT2D eigenvalue weighted by molar-refractivity contribution is 9.10. The van der Waals surface area contributed by atoms with Gasteiger partial charge < -0.3 is 5.11 Å². The number of hydrogen-bond acceptors (Lipinski definition) is 4. The van der Waals surface area contributed by atoms with E-state index in [9.17, 15) is 9.90 Å². The number of thioether (sulfide) groups is 1. The second kappa shape index (κ2) is 5.64. The summed E-state index contributed by atoms with van der Waals surface area (Å²) in [5.74, 6) is 0.0300. The van der Waals surface area contributed by atoms with E-state index in [1.807, 2.05) is 13.8 Å². The molecule has 1 aliphatic heterocycles. The monoisotopic (exact) mass is 357 g/mol. The predicted molar refractivity (Wildman–Crippen MR) is 86.0 cm³/mol. The molecule has 1 N–H and O–H groups in total. The Hall–Kier alpha value is -0.850. The Morgan fingerprint density at radius 3 is 2.74 bits per heavy atom. The van der Waals surface area contributed by atoms with E-state index in [1.165, 1.54) is 11.8 Å². The predicted octanol–water partition coefficient (Wildman–Crippen LogP) is 3.76. The fourth-order valence-electron chi connectivity index (χ4n) is 1.71. The van der Waals surface area contributed by atoms with Crippen LogP contribution in [0.3, 0.4) is 0 Å². The van der Waals surface area contributed by atoms with Crippen LogP contribution in [-0.2, 0) is 4.79 Å².